The number of amides is 1. The van der Waals surface area contributed by atoms with E-state index in [9.17, 15) is 18.0 Å². The van der Waals surface area contributed by atoms with Crippen LogP contribution in [0.15, 0.2) is 34.8 Å². The van der Waals surface area contributed by atoms with E-state index in [1.807, 2.05) is 5.38 Å². The molecule has 2 heterocycles. The van der Waals surface area contributed by atoms with Crippen molar-refractivity contribution < 1.29 is 18.0 Å². The van der Waals surface area contributed by atoms with Crippen LogP contribution in [0.1, 0.15) is 22.9 Å². The first-order chi connectivity index (χ1) is 13.7. The van der Waals surface area contributed by atoms with E-state index in [-0.39, 0.29) is 11.4 Å². The van der Waals surface area contributed by atoms with Gasteiger partial charge in [-0.3, -0.25) is 4.79 Å². The number of nitrogens with one attached hydrogen (secondary N) is 1. The predicted molar refractivity (Wildman–Crippen MR) is 109 cm³/mol. The monoisotopic (exact) mass is 440 g/mol. The third-order valence-corrected chi connectivity index (χ3v) is 6.35. The lowest BCUT2D eigenvalue weighted by Gasteiger charge is -2.13. The number of thioether (sulfide) groups is 1. The molecular weight excluding hydrogens is 421 g/mol. The Hall–Kier alpha value is -2.33. The molecule has 0 unspecified atom stereocenters. The van der Waals surface area contributed by atoms with Crippen molar-refractivity contribution in [2.75, 3.05) is 11.1 Å². The van der Waals surface area contributed by atoms with Crippen LogP contribution in [0.5, 0.6) is 0 Å². The van der Waals surface area contributed by atoms with Crippen LogP contribution in [0.2, 0.25) is 0 Å². The molecule has 3 aromatic rings. The molecular formula is C19H19F3N4OS2. The lowest BCUT2D eigenvalue weighted by atomic mass is 10.1. The van der Waals surface area contributed by atoms with Crippen LogP contribution in [0.4, 0.5) is 18.9 Å². The highest BCUT2D eigenvalue weighted by molar-refractivity contribution is 7.99. The number of anilines is 1. The molecule has 10 heteroatoms. The summed E-state index contributed by atoms with van der Waals surface area (Å²) in [6.07, 6.45) is -3.66. The van der Waals surface area contributed by atoms with Crippen molar-refractivity contribution in [3.05, 3.63) is 45.6 Å². The lowest BCUT2D eigenvalue weighted by Crippen LogP contribution is -2.18. The van der Waals surface area contributed by atoms with Gasteiger partial charge >= 0.3 is 6.18 Å². The quantitative estimate of drug-likeness (QED) is 0.538. The molecule has 3 rings (SSSR count). The second-order valence-corrected chi connectivity index (χ2v) is 8.31. The second kappa shape index (κ2) is 8.58. The molecule has 2 aromatic heterocycles. The van der Waals surface area contributed by atoms with Crippen LogP contribution < -0.4 is 5.32 Å². The summed E-state index contributed by atoms with van der Waals surface area (Å²) in [6.45, 7) is 4.13. The minimum atomic E-state index is -4.54. The average Bonchev–Trinajstić information content (AvgIpc) is 3.21. The molecule has 5 nitrogen and oxygen atoms in total. The number of aromatic nitrogens is 3. The molecule has 29 heavy (non-hydrogen) atoms. The Kier molecular flexibility index (Phi) is 6.33. The van der Waals surface area contributed by atoms with Crippen molar-refractivity contribution in [1.82, 2.24) is 14.8 Å². The van der Waals surface area contributed by atoms with E-state index in [4.69, 9.17) is 0 Å². The van der Waals surface area contributed by atoms with Gasteiger partial charge in [0.2, 0.25) is 5.91 Å². The van der Waals surface area contributed by atoms with Gasteiger partial charge in [-0.05, 0) is 31.0 Å². The Balaban J connectivity index is 1.70. The second-order valence-electron chi connectivity index (χ2n) is 6.28. The van der Waals surface area contributed by atoms with Crippen LogP contribution in [-0.2, 0) is 24.4 Å². The maximum absolute atomic E-state index is 13.1. The van der Waals surface area contributed by atoms with E-state index >= 15 is 0 Å². The molecule has 154 valence electrons. The number of hydrogen-bond acceptors (Lipinski definition) is 5. The van der Waals surface area contributed by atoms with Gasteiger partial charge in [-0.2, -0.15) is 13.2 Å². The Labute approximate surface area is 174 Å². The number of carbonyl (C=O) groups is 1. The number of rotatable bonds is 6. The third-order valence-electron chi connectivity index (χ3n) is 4.37. The first kappa shape index (κ1) is 21.4. The number of thiophene rings is 1. The number of halogens is 3. The van der Waals surface area contributed by atoms with E-state index in [1.165, 1.54) is 28.6 Å². The van der Waals surface area contributed by atoms with E-state index in [1.54, 1.807) is 23.0 Å². The molecule has 0 fully saturated rings. The van der Waals surface area contributed by atoms with Gasteiger partial charge in [0.1, 0.15) is 0 Å². The summed E-state index contributed by atoms with van der Waals surface area (Å²) in [7, 11) is 1.81. The number of para-hydroxylation sites is 1. The van der Waals surface area contributed by atoms with E-state index in [2.05, 4.69) is 29.4 Å². The molecule has 1 N–H and O–H groups in total. The van der Waals surface area contributed by atoms with Crippen LogP contribution >= 0.6 is 23.1 Å². The van der Waals surface area contributed by atoms with Crippen LogP contribution in [0, 0.1) is 6.92 Å². The molecule has 1 aromatic carbocycles. The normalized spacial score (nSPS) is 11.7. The summed E-state index contributed by atoms with van der Waals surface area (Å²) in [5, 5.41) is 13.3. The highest BCUT2D eigenvalue weighted by Gasteiger charge is 2.33. The SMILES string of the molecule is CCc1c(-c2nnc(SCC(=O)Nc3ccccc3C(F)(F)F)n2C)csc1C. The molecule has 1 amide bonds. The maximum atomic E-state index is 13.1. The first-order valence-electron chi connectivity index (χ1n) is 8.78. The van der Waals surface area contributed by atoms with Crippen LogP contribution in [0.3, 0.4) is 0 Å². The molecule has 0 spiro atoms. The molecule has 0 bridgehead atoms. The average molecular weight is 441 g/mol. The van der Waals surface area contributed by atoms with E-state index < -0.39 is 17.6 Å². The number of alkyl halides is 3. The number of carbonyl (C=O) groups excluding carboxylic acids is 1. The topological polar surface area (TPSA) is 59.8 Å². The zero-order chi connectivity index (χ0) is 21.2. The van der Waals surface area contributed by atoms with E-state index in [0.29, 0.717) is 11.0 Å². The summed E-state index contributed by atoms with van der Waals surface area (Å²) >= 11 is 2.77. The molecule has 0 aliphatic rings. The van der Waals surface area contributed by atoms with Gasteiger partial charge in [-0.1, -0.05) is 30.8 Å². The largest absolute Gasteiger partial charge is 0.418 e. The fourth-order valence-electron chi connectivity index (χ4n) is 2.94. The van der Waals surface area contributed by atoms with Gasteiger partial charge in [0.15, 0.2) is 11.0 Å². The molecule has 0 atom stereocenters. The number of benzene rings is 1. The molecule has 0 aliphatic heterocycles. The summed E-state index contributed by atoms with van der Waals surface area (Å²) < 4.78 is 41.0. The van der Waals surface area contributed by atoms with E-state index in [0.717, 1.165) is 29.8 Å². The molecule has 0 radical (unpaired) electrons. The number of hydrogen-bond donors (Lipinski definition) is 1. The maximum Gasteiger partial charge on any atom is 0.418 e. The fourth-order valence-corrected chi connectivity index (χ4v) is 4.59. The van der Waals surface area contributed by atoms with Crippen molar-refractivity contribution in [3.63, 3.8) is 0 Å². The van der Waals surface area contributed by atoms with Crippen molar-refractivity contribution in [3.8, 4) is 11.4 Å². The highest BCUT2D eigenvalue weighted by Crippen LogP contribution is 2.35. The Morgan fingerprint density at radius 2 is 2.00 bits per heavy atom. The third kappa shape index (κ3) is 4.64. The summed E-state index contributed by atoms with van der Waals surface area (Å²) in [6, 6.07) is 4.90. The van der Waals surface area contributed by atoms with Gasteiger partial charge in [0, 0.05) is 22.9 Å². The lowest BCUT2D eigenvalue weighted by molar-refractivity contribution is -0.137. The van der Waals surface area contributed by atoms with Gasteiger partial charge in [0.05, 0.1) is 17.0 Å². The zero-order valence-electron chi connectivity index (χ0n) is 16.0. The Morgan fingerprint density at radius 1 is 1.28 bits per heavy atom. The minimum absolute atomic E-state index is 0.0819. The molecule has 0 saturated heterocycles. The van der Waals surface area contributed by atoms with Crippen molar-refractivity contribution in [2.45, 2.75) is 31.6 Å². The first-order valence-corrected chi connectivity index (χ1v) is 10.6. The van der Waals surface area contributed by atoms with Crippen molar-refractivity contribution in [2.24, 2.45) is 7.05 Å². The van der Waals surface area contributed by atoms with Crippen LogP contribution in [-0.4, -0.2) is 26.4 Å². The fraction of sp³-hybridized carbons (Fsp3) is 0.316. The van der Waals surface area contributed by atoms with Crippen LogP contribution in [0.25, 0.3) is 11.4 Å². The predicted octanol–water partition coefficient (Wildman–Crippen LogP) is 5.16. The molecule has 0 aliphatic carbocycles. The smallest absolute Gasteiger partial charge is 0.325 e. The summed E-state index contributed by atoms with van der Waals surface area (Å²) in [5.74, 6) is 0.0787. The number of aryl methyl sites for hydroxylation is 1. The summed E-state index contributed by atoms with van der Waals surface area (Å²) in [4.78, 5) is 13.4. The number of nitrogens with zero attached hydrogens (tertiary/aromatic N) is 3. The highest BCUT2D eigenvalue weighted by atomic mass is 32.2. The molecule has 0 saturated carbocycles. The van der Waals surface area contributed by atoms with Gasteiger partial charge < -0.3 is 9.88 Å². The summed E-state index contributed by atoms with van der Waals surface area (Å²) in [5.41, 5.74) is 1.09. The van der Waals surface area contributed by atoms with Gasteiger partial charge in [-0.15, -0.1) is 21.5 Å². The standard InChI is InChI=1S/C19H19F3N4OS2/c1-4-12-11(2)28-9-13(12)17-24-25-18(26(17)3)29-10-16(27)23-15-8-6-5-7-14(15)19(20,21)22/h5-9H,4,10H2,1-3H3,(H,23,27). The Bertz CT molecular complexity index is 1030. The van der Waals surface area contributed by atoms with Gasteiger partial charge in [0.25, 0.3) is 0 Å². The Morgan fingerprint density at radius 3 is 2.69 bits per heavy atom. The minimum Gasteiger partial charge on any atom is -0.325 e. The van der Waals surface area contributed by atoms with Gasteiger partial charge in [-0.25, -0.2) is 0 Å². The van der Waals surface area contributed by atoms with Crippen molar-refractivity contribution >= 4 is 34.7 Å². The van der Waals surface area contributed by atoms with Crippen molar-refractivity contribution in [1.29, 1.82) is 0 Å². The zero-order valence-corrected chi connectivity index (χ0v) is 17.6.